The Hall–Kier alpha value is -1.07. The molecule has 0 aliphatic rings. The lowest BCUT2D eigenvalue weighted by Gasteiger charge is -2.22. The maximum atomic E-state index is 13.1. The van der Waals surface area contributed by atoms with Crippen molar-refractivity contribution < 1.29 is 9.18 Å². The van der Waals surface area contributed by atoms with E-state index in [0.717, 1.165) is 13.0 Å². The van der Waals surface area contributed by atoms with Crippen molar-refractivity contribution in [3.63, 3.8) is 0 Å². The summed E-state index contributed by atoms with van der Waals surface area (Å²) in [6.07, 6.45) is 0.918. The van der Waals surface area contributed by atoms with Crippen LogP contribution < -0.4 is 0 Å². The third-order valence-electron chi connectivity index (χ3n) is 2.90. The van der Waals surface area contributed by atoms with E-state index < -0.39 is 5.82 Å². The number of rotatable bonds is 6. The highest BCUT2D eigenvalue weighted by Crippen LogP contribution is 2.15. The van der Waals surface area contributed by atoms with E-state index in [1.165, 1.54) is 18.2 Å². The summed E-state index contributed by atoms with van der Waals surface area (Å²) in [7, 11) is 4.01. The second-order valence-electron chi connectivity index (χ2n) is 4.71. The second-order valence-corrected chi connectivity index (χ2v) is 5.19. The summed E-state index contributed by atoms with van der Waals surface area (Å²) in [5.41, 5.74) is 0.484. The van der Waals surface area contributed by atoms with Crippen LogP contribution in [0.5, 0.6) is 0 Å². The zero-order valence-corrected chi connectivity index (χ0v) is 12.6. The summed E-state index contributed by atoms with van der Waals surface area (Å²) in [5, 5.41) is 0. The number of amides is 1. The third kappa shape index (κ3) is 4.84. The fourth-order valence-electron chi connectivity index (χ4n) is 1.81. The van der Waals surface area contributed by atoms with Crippen molar-refractivity contribution in [2.24, 2.45) is 0 Å². The molecule has 0 spiro atoms. The molecular weight excluding hydrogens is 263 g/mol. The van der Waals surface area contributed by atoms with Crippen LogP contribution in [0.25, 0.3) is 0 Å². The number of thiol groups is 1. The van der Waals surface area contributed by atoms with Gasteiger partial charge in [0.05, 0.1) is 0 Å². The van der Waals surface area contributed by atoms with Gasteiger partial charge in [-0.25, -0.2) is 4.39 Å². The zero-order valence-electron chi connectivity index (χ0n) is 11.7. The van der Waals surface area contributed by atoms with E-state index in [0.29, 0.717) is 18.7 Å². The Bertz CT molecular complexity index is 437. The van der Waals surface area contributed by atoms with E-state index in [-0.39, 0.29) is 10.8 Å². The number of nitrogens with zero attached hydrogens (tertiary/aromatic N) is 2. The predicted octanol–water partition coefficient (Wildman–Crippen LogP) is 2.53. The van der Waals surface area contributed by atoms with E-state index in [1.807, 2.05) is 21.0 Å². The first-order chi connectivity index (χ1) is 8.95. The van der Waals surface area contributed by atoms with E-state index in [2.05, 4.69) is 17.5 Å². The first-order valence-electron chi connectivity index (χ1n) is 6.38. The Morgan fingerprint density at radius 3 is 2.53 bits per heavy atom. The Morgan fingerprint density at radius 2 is 2.00 bits per heavy atom. The largest absolute Gasteiger partial charge is 0.339 e. The standard InChI is InChI=1S/C14H21FN2OS/c1-4-17(9-5-8-16(2)3)14(18)11-6-7-12(15)13(19)10-11/h6-7,10,19H,4-5,8-9H2,1-3H3. The molecule has 0 saturated carbocycles. The summed E-state index contributed by atoms with van der Waals surface area (Å²) in [6, 6.07) is 4.27. The van der Waals surface area contributed by atoms with Gasteiger partial charge in [-0.3, -0.25) is 4.79 Å². The minimum Gasteiger partial charge on any atom is -0.339 e. The SMILES string of the molecule is CCN(CCCN(C)C)C(=O)c1ccc(F)c(S)c1. The van der Waals surface area contributed by atoms with E-state index in [9.17, 15) is 9.18 Å². The Labute approximate surface area is 119 Å². The van der Waals surface area contributed by atoms with Crippen LogP contribution in [0.2, 0.25) is 0 Å². The molecule has 0 N–H and O–H groups in total. The van der Waals surface area contributed by atoms with Crippen LogP contribution in [-0.2, 0) is 0 Å². The molecule has 0 unspecified atom stereocenters. The number of carbonyl (C=O) groups is 1. The molecular formula is C14H21FN2OS. The van der Waals surface area contributed by atoms with Crippen molar-refractivity contribution in [1.29, 1.82) is 0 Å². The minimum absolute atomic E-state index is 0.0726. The summed E-state index contributed by atoms with van der Waals surface area (Å²) in [4.78, 5) is 16.3. The number of halogens is 1. The minimum atomic E-state index is -0.407. The summed E-state index contributed by atoms with van der Waals surface area (Å²) < 4.78 is 13.1. The fourth-order valence-corrected chi connectivity index (χ4v) is 2.02. The number of hydrogen-bond acceptors (Lipinski definition) is 3. The van der Waals surface area contributed by atoms with Gasteiger partial charge in [-0.1, -0.05) is 0 Å². The molecule has 19 heavy (non-hydrogen) atoms. The summed E-state index contributed by atoms with van der Waals surface area (Å²) >= 11 is 4.00. The van der Waals surface area contributed by atoms with Crippen LogP contribution in [-0.4, -0.2) is 49.4 Å². The molecule has 1 aromatic carbocycles. The molecule has 1 rings (SSSR count). The van der Waals surface area contributed by atoms with Gasteiger partial charge in [0.1, 0.15) is 5.82 Å². The van der Waals surface area contributed by atoms with Gasteiger partial charge in [0, 0.05) is 23.5 Å². The molecule has 0 aliphatic heterocycles. The number of benzene rings is 1. The lowest BCUT2D eigenvalue weighted by Crippen LogP contribution is -2.33. The van der Waals surface area contributed by atoms with Crippen LogP contribution in [0.15, 0.2) is 23.1 Å². The Morgan fingerprint density at radius 1 is 1.32 bits per heavy atom. The first-order valence-corrected chi connectivity index (χ1v) is 6.83. The van der Waals surface area contributed by atoms with Gasteiger partial charge < -0.3 is 9.80 Å². The molecule has 1 aromatic rings. The van der Waals surface area contributed by atoms with Crippen molar-refractivity contribution in [3.05, 3.63) is 29.6 Å². The highest BCUT2D eigenvalue weighted by molar-refractivity contribution is 7.80. The van der Waals surface area contributed by atoms with Crippen molar-refractivity contribution in [2.75, 3.05) is 33.7 Å². The topological polar surface area (TPSA) is 23.6 Å². The van der Waals surface area contributed by atoms with Crippen LogP contribution in [0.4, 0.5) is 4.39 Å². The highest BCUT2D eigenvalue weighted by atomic mass is 32.1. The van der Waals surface area contributed by atoms with Crippen molar-refractivity contribution in [2.45, 2.75) is 18.2 Å². The number of carbonyl (C=O) groups excluding carboxylic acids is 1. The molecule has 106 valence electrons. The van der Waals surface area contributed by atoms with Gasteiger partial charge in [-0.2, -0.15) is 0 Å². The van der Waals surface area contributed by atoms with Gasteiger partial charge in [0.2, 0.25) is 0 Å². The molecule has 1 amide bonds. The molecule has 0 radical (unpaired) electrons. The smallest absolute Gasteiger partial charge is 0.253 e. The average molecular weight is 284 g/mol. The molecule has 0 atom stereocenters. The molecule has 3 nitrogen and oxygen atoms in total. The fraction of sp³-hybridized carbons (Fsp3) is 0.500. The quantitative estimate of drug-likeness (QED) is 0.812. The monoisotopic (exact) mass is 284 g/mol. The van der Waals surface area contributed by atoms with Gasteiger partial charge >= 0.3 is 0 Å². The Kier molecular flexibility index (Phi) is 6.31. The molecule has 0 fully saturated rings. The van der Waals surface area contributed by atoms with Crippen LogP contribution in [0.1, 0.15) is 23.7 Å². The van der Waals surface area contributed by atoms with E-state index in [1.54, 1.807) is 4.90 Å². The molecule has 0 heterocycles. The molecule has 0 saturated heterocycles. The lowest BCUT2D eigenvalue weighted by atomic mass is 10.2. The van der Waals surface area contributed by atoms with Crippen molar-refractivity contribution in [1.82, 2.24) is 9.80 Å². The molecule has 0 aromatic heterocycles. The van der Waals surface area contributed by atoms with Gasteiger partial charge in [0.25, 0.3) is 5.91 Å². The van der Waals surface area contributed by atoms with Gasteiger partial charge in [-0.15, -0.1) is 12.6 Å². The second kappa shape index (κ2) is 7.50. The Balaban J connectivity index is 2.69. The molecule has 0 bridgehead atoms. The normalized spacial score (nSPS) is 10.8. The van der Waals surface area contributed by atoms with Crippen molar-refractivity contribution >= 4 is 18.5 Å². The molecule has 5 heteroatoms. The van der Waals surface area contributed by atoms with Crippen LogP contribution in [0.3, 0.4) is 0 Å². The lowest BCUT2D eigenvalue weighted by molar-refractivity contribution is 0.0759. The zero-order chi connectivity index (χ0) is 14.4. The van der Waals surface area contributed by atoms with Crippen molar-refractivity contribution in [3.8, 4) is 0 Å². The maximum Gasteiger partial charge on any atom is 0.253 e. The van der Waals surface area contributed by atoms with Gasteiger partial charge in [-0.05, 0) is 52.2 Å². The average Bonchev–Trinajstić information content (AvgIpc) is 2.37. The van der Waals surface area contributed by atoms with E-state index >= 15 is 0 Å². The molecule has 0 aliphatic carbocycles. The number of hydrogen-bond donors (Lipinski definition) is 1. The van der Waals surface area contributed by atoms with Gasteiger partial charge in [0.15, 0.2) is 0 Å². The van der Waals surface area contributed by atoms with E-state index in [4.69, 9.17) is 0 Å². The summed E-state index contributed by atoms with van der Waals surface area (Å²) in [6.45, 7) is 4.22. The van der Waals surface area contributed by atoms with Crippen LogP contribution in [0, 0.1) is 5.82 Å². The third-order valence-corrected chi connectivity index (χ3v) is 3.24. The summed E-state index contributed by atoms with van der Waals surface area (Å²) in [5.74, 6) is -0.480. The first kappa shape index (κ1) is 16.0. The highest BCUT2D eigenvalue weighted by Gasteiger charge is 2.15. The van der Waals surface area contributed by atoms with Crippen LogP contribution >= 0.6 is 12.6 Å². The predicted molar refractivity (Wildman–Crippen MR) is 78.4 cm³/mol. The maximum absolute atomic E-state index is 13.1.